The van der Waals surface area contributed by atoms with Gasteiger partial charge in [0.25, 0.3) is 0 Å². The van der Waals surface area contributed by atoms with Crippen LogP contribution in [0.15, 0.2) is 0 Å². The molecule has 0 aromatic rings. The van der Waals surface area contributed by atoms with Gasteiger partial charge in [0.1, 0.15) is 0 Å². The van der Waals surface area contributed by atoms with E-state index in [1.54, 1.807) is 32.1 Å². The predicted octanol–water partition coefficient (Wildman–Crippen LogP) is 3.84. The normalized spacial score (nSPS) is 48.2. The molecule has 102 valence electrons. The van der Waals surface area contributed by atoms with E-state index in [9.17, 15) is 0 Å². The Hall–Kier alpha value is -0.0400. The van der Waals surface area contributed by atoms with Gasteiger partial charge in [-0.15, -0.1) is 0 Å². The number of rotatable bonds is 4. The molecule has 0 spiro atoms. The largest absolute Gasteiger partial charge is 0.317 e. The molecule has 18 heavy (non-hydrogen) atoms. The minimum absolute atomic E-state index is 0.852. The quantitative estimate of drug-likeness (QED) is 0.796. The molecule has 0 aliphatic heterocycles. The number of hydrogen-bond acceptors (Lipinski definition) is 1. The highest BCUT2D eigenvalue weighted by Gasteiger charge is 2.50. The van der Waals surface area contributed by atoms with Crippen LogP contribution in [0.25, 0.3) is 0 Å². The van der Waals surface area contributed by atoms with Crippen LogP contribution >= 0.6 is 0 Å². The molecule has 0 saturated heterocycles. The Morgan fingerprint density at radius 3 is 2.00 bits per heavy atom. The first kappa shape index (κ1) is 11.8. The molecule has 5 fully saturated rings. The van der Waals surface area contributed by atoms with Crippen LogP contribution in [-0.2, 0) is 0 Å². The maximum Gasteiger partial charge on any atom is 0.0100 e. The van der Waals surface area contributed by atoms with Gasteiger partial charge in [-0.05, 0) is 81.1 Å². The van der Waals surface area contributed by atoms with Crippen molar-refractivity contribution in [2.45, 2.75) is 63.8 Å². The van der Waals surface area contributed by atoms with Crippen molar-refractivity contribution in [3.8, 4) is 0 Å². The molecule has 1 heteroatoms. The van der Waals surface area contributed by atoms with Crippen molar-refractivity contribution in [2.24, 2.45) is 35.5 Å². The van der Waals surface area contributed by atoms with Crippen LogP contribution in [0.5, 0.6) is 0 Å². The van der Waals surface area contributed by atoms with Gasteiger partial charge in [0.15, 0.2) is 0 Å². The average Bonchev–Trinajstić information content (AvgIpc) is 2.29. The second-order valence-electron chi connectivity index (χ2n) is 7.94. The SMILES string of the molecule is CNC(CC1CCC1)C1C2CC3CC(C2)CC1C3. The van der Waals surface area contributed by atoms with Crippen molar-refractivity contribution in [1.82, 2.24) is 5.32 Å². The van der Waals surface area contributed by atoms with Crippen LogP contribution in [0.1, 0.15) is 57.8 Å². The summed E-state index contributed by atoms with van der Waals surface area (Å²) < 4.78 is 0. The van der Waals surface area contributed by atoms with Gasteiger partial charge < -0.3 is 5.32 Å². The van der Waals surface area contributed by atoms with Crippen molar-refractivity contribution in [1.29, 1.82) is 0 Å². The third kappa shape index (κ3) is 1.85. The van der Waals surface area contributed by atoms with E-state index >= 15 is 0 Å². The molecule has 1 nitrogen and oxygen atoms in total. The molecular weight excluding hydrogens is 218 g/mol. The van der Waals surface area contributed by atoms with Gasteiger partial charge in [0.05, 0.1) is 0 Å². The van der Waals surface area contributed by atoms with E-state index in [0.29, 0.717) is 0 Å². The summed E-state index contributed by atoms with van der Waals surface area (Å²) in [7, 11) is 2.23. The molecule has 5 saturated carbocycles. The van der Waals surface area contributed by atoms with E-state index in [4.69, 9.17) is 0 Å². The van der Waals surface area contributed by atoms with Gasteiger partial charge in [-0.1, -0.05) is 19.3 Å². The van der Waals surface area contributed by atoms with Gasteiger partial charge in [-0.25, -0.2) is 0 Å². The Kier molecular flexibility index (Phi) is 2.94. The van der Waals surface area contributed by atoms with Crippen molar-refractivity contribution in [2.75, 3.05) is 7.05 Å². The van der Waals surface area contributed by atoms with Crippen molar-refractivity contribution >= 4 is 0 Å². The molecule has 0 aromatic heterocycles. The van der Waals surface area contributed by atoms with Crippen LogP contribution in [-0.4, -0.2) is 13.1 Å². The van der Waals surface area contributed by atoms with Crippen LogP contribution in [0, 0.1) is 35.5 Å². The topological polar surface area (TPSA) is 12.0 Å². The standard InChI is InChI=1S/C17H29N/c1-18-16(10-11-3-2-4-11)17-14-6-12-5-13(8-14)9-15(17)7-12/h11-18H,2-10H2,1H3. The molecule has 5 aliphatic carbocycles. The first-order valence-electron chi connectivity index (χ1n) is 8.50. The van der Waals surface area contributed by atoms with Gasteiger partial charge in [-0.2, -0.15) is 0 Å². The summed E-state index contributed by atoms with van der Waals surface area (Å²) in [5.41, 5.74) is 0. The van der Waals surface area contributed by atoms with E-state index < -0.39 is 0 Å². The lowest BCUT2D eigenvalue weighted by Gasteiger charge is -2.57. The van der Waals surface area contributed by atoms with E-state index in [1.807, 2.05) is 0 Å². The fourth-order valence-electron chi connectivity index (χ4n) is 6.18. The summed E-state index contributed by atoms with van der Waals surface area (Å²) in [5, 5.41) is 3.73. The Bertz CT molecular complexity index is 279. The summed E-state index contributed by atoms with van der Waals surface area (Å²) in [6, 6.07) is 0.852. The second kappa shape index (κ2) is 4.51. The molecule has 1 unspecified atom stereocenters. The average molecular weight is 247 g/mol. The van der Waals surface area contributed by atoms with E-state index in [-0.39, 0.29) is 0 Å². The first-order valence-corrected chi connectivity index (χ1v) is 8.50. The summed E-state index contributed by atoms with van der Waals surface area (Å²) >= 11 is 0. The summed E-state index contributed by atoms with van der Waals surface area (Å²) in [6.45, 7) is 0. The maximum atomic E-state index is 3.73. The Labute approximate surface area is 112 Å². The van der Waals surface area contributed by atoms with Crippen LogP contribution in [0.4, 0.5) is 0 Å². The predicted molar refractivity (Wildman–Crippen MR) is 75.3 cm³/mol. The Balaban J connectivity index is 1.48. The molecule has 0 radical (unpaired) electrons. The van der Waals surface area contributed by atoms with Crippen LogP contribution < -0.4 is 5.32 Å². The highest BCUT2D eigenvalue weighted by molar-refractivity contribution is 5.01. The molecule has 1 N–H and O–H groups in total. The van der Waals surface area contributed by atoms with E-state index in [1.165, 1.54) is 25.7 Å². The first-order chi connectivity index (χ1) is 8.83. The molecule has 0 heterocycles. The summed E-state index contributed by atoms with van der Waals surface area (Å²) in [4.78, 5) is 0. The molecular formula is C17H29N. The molecule has 5 rings (SSSR count). The zero-order valence-corrected chi connectivity index (χ0v) is 11.9. The van der Waals surface area contributed by atoms with Crippen LogP contribution in [0.2, 0.25) is 0 Å². The van der Waals surface area contributed by atoms with E-state index in [2.05, 4.69) is 12.4 Å². The third-order valence-electron chi connectivity index (χ3n) is 6.95. The Morgan fingerprint density at radius 2 is 1.56 bits per heavy atom. The number of hydrogen-bond donors (Lipinski definition) is 1. The van der Waals surface area contributed by atoms with E-state index in [0.717, 1.165) is 41.5 Å². The minimum atomic E-state index is 0.852. The third-order valence-corrected chi connectivity index (χ3v) is 6.95. The van der Waals surface area contributed by atoms with Gasteiger partial charge in [0.2, 0.25) is 0 Å². The lowest BCUT2D eigenvalue weighted by Crippen LogP contribution is -2.53. The van der Waals surface area contributed by atoms with Crippen LogP contribution in [0.3, 0.4) is 0 Å². The van der Waals surface area contributed by atoms with Crippen molar-refractivity contribution in [3.05, 3.63) is 0 Å². The molecule has 1 atom stereocenters. The maximum absolute atomic E-state index is 3.73. The minimum Gasteiger partial charge on any atom is -0.317 e. The highest BCUT2D eigenvalue weighted by Crippen LogP contribution is 2.58. The van der Waals surface area contributed by atoms with Crippen molar-refractivity contribution < 1.29 is 0 Å². The number of nitrogens with one attached hydrogen (secondary N) is 1. The monoisotopic (exact) mass is 247 g/mol. The fraction of sp³-hybridized carbons (Fsp3) is 1.00. The zero-order chi connectivity index (χ0) is 12.1. The van der Waals surface area contributed by atoms with Crippen molar-refractivity contribution in [3.63, 3.8) is 0 Å². The lowest BCUT2D eigenvalue weighted by atomic mass is 9.50. The smallest absolute Gasteiger partial charge is 0.0100 e. The molecule has 0 aromatic carbocycles. The Morgan fingerprint density at radius 1 is 0.944 bits per heavy atom. The highest BCUT2D eigenvalue weighted by atomic mass is 14.9. The van der Waals surface area contributed by atoms with Gasteiger partial charge >= 0.3 is 0 Å². The molecule has 4 bridgehead atoms. The van der Waals surface area contributed by atoms with Gasteiger partial charge in [-0.3, -0.25) is 0 Å². The lowest BCUT2D eigenvalue weighted by molar-refractivity contribution is -0.0553. The summed E-state index contributed by atoms with van der Waals surface area (Å²) in [5.74, 6) is 6.57. The summed E-state index contributed by atoms with van der Waals surface area (Å²) in [6.07, 6.45) is 14.0. The molecule has 0 amide bonds. The fourth-order valence-corrected chi connectivity index (χ4v) is 6.18. The van der Waals surface area contributed by atoms with Gasteiger partial charge in [0, 0.05) is 6.04 Å². The molecule has 5 aliphatic rings. The second-order valence-corrected chi connectivity index (χ2v) is 7.94. The zero-order valence-electron chi connectivity index (χ0n) is 11.9.